The van der Waals surface area contributed by atoms with Crippen LogP contribution in [0.4, 0.5) is 0 Å². The molecule has 2 fully saturated rings. The summed E-state index contributed by atoms with van der Waals surface area (Å²) in [5.74, 6) is -1.47. The molecule has 3 rings (SSSR count). The van der Waals surface area contributed by atoms with Gasteiger partial charge in [0.1, 0.15) is 6.04 Å². The molecule has 1 heterocycles. The average Bonchev–Trinajstić information content (AvgIpc) is 3.01. The summed E-state index contributed by atoms with van der Waals surface area (Å²) in [6.45, 7) is 3.20. The largest absolute Gasteiger partial charge is 0.480 e. The molecule has 2 aliphatic rings. The number of carbonyl (C=O) groups excluding carboxylic acids is 1. The van der Waals surface area contributed by atoms with Gasteiger partial charge in [-0.25, -0.2) is 4.79 Å². The number of carboxylic acids is 1. The summed E-state index contributed by atoms with van der Waals surface area (Å²) in [5.41, 5.74) is 0.905. The average molecular weight is 395 g/mol. The maximum Gasteiger partial charge on any atom is 0.326 e. The number of aryl methyl sites for hydroxylation is 1. The summed E-state index contributed by atoms with van der Waals surface area (Å²) < 4.78 is 30.1. The molecule has 3 unspecified atom stereocenters. The number of carbonyl (C=O) groups is 2. The molecule has 0 spiro atoms. The van der Waals surface area contributed by atoms with E-state index in [0.717, 1.165) is 31.2 Å². The molecule has 27 heavy (non-hydrogen) atoms. The van der Waals surface area contributed by atoms with E-state index in [0.29, 0.717) is 6.42 Å². The van der Waals surface area contributed by atoms with E-state index < -0.39 is 34.1 Å². The first kappa shape index (κ1) is 19.8. The fourth-order valence-electron chi connectivity index (χ4n) is 4.20. The molecule has 1 aromatic carbocycles. The summed E-state index contributed by atoms with van der Waals surface area (Å²) in [6.07, 6.45) is 2.76. The number of carboxylic acid groups (broad SMARTS) is 1. The SMILES string of the molecule is Cc1ccc(S(=O)(=O)OC(C)C(=O)N2C3CCCCC3C[C@@H]2C(=O)O)cc1. The molecule has 1 N–H and O–H groups in total. The molecule has 7 nitrogen and oxygen atoms in total. The summed E-state index contributed by atoms with van der Waals surface area (Å²) in [7, 11) is -4.11. The molecule has 1 aromatic rings. The van der Waals surface area contributed by atoms with E-state index in [4.69, 9.17) is 4.18 Å². The standard InChI is InChI=1S/C19H25NO6S/c1-12-7-9-15(10-8-12)27(24,25)26-13(2)18(21)20-16-6-4-3-5-14(16)11-17(20)19(22)23/h7-10,13-14,16-17H,3-6,11H2,1-2H3,(H,22,23)/t13?,14?,16?,17-/m1/s1. The topological polar surface area (TPSA) is 101 Å². The van der Waals surface area contributed by atoms with Crippen LogP contribution in [-0.4, -0.2) is 48.5 Å². The molecule has 1 saturated carbocycles. The molecule has 148 valence electrons. The van der Waals surface area contributed by atoms with Gasteiger partial charge in [-0.15, -0.1) is 0 Å². The van der Waals surface area contributed by atoms with Crippen molar-refractivity contribution >= 4 is 22.0 Å². The first-order valence-corrected chi connectivity index (χ1v) is 10.7. The maximum atomic E-state index is 13.0. The van der Waals surface area contributed by atoms with Crippen molar-refractivity contribution in [3.63, 3.8) is 0 Å². The van der Waals surface area contributed by atoms with Crippen LogP contribution in [0.25, 0.3) is 0 Å². The number of benzene rings is 1. The zero-order valence-corrected chi connectivity index (χ0v) is 16.3. The van der Waals surface area contributed by atoms with Crippen molar-refractivity contribution in [1.82, 2.24) is 4.90 Å². The lowest BCUT2D eigenvalue weighted by Crippen LogP contribution is -2.50. The van der Waals surface area contributed by atoms with Crippen LogP contribution in [0.3, 0.4) is 0 Å². The number of likely N-dealkylation sites (tertiary alicyclic amines) is 1. The van der Waals surface area contributed by atoms with E-state index in [1.807, 2.05) is 6.92 Å². The highest BCUT2D eigenvalue weighted by Gasteiger charge is 2.49. The van der Waals surface area contributed by atoms with Gasteiger partial charge < -0.3 is 10.0 Å². The molecule has 1 aliphatic carbocycles. The van der Waals surface area contributed by atoms with E-state index in [1.54, 1.807) is 12.1 Å². The van der Waals surface area contributed by atoms with Crippen molar-refractivity contribution in [2.24, 2.45) is 5.92 Å². The normalized spacial score (nSPS) is 26.4. The Hall–Kier alpha value is -1.93. The van der Waals surface area contributed by atoms with Crippen molar-refractivity contribution in [1.29, 1.82) is 0 Å². The summed E-state index contributed by atoms with van der Waals surface area (Å²) >= 11 is 0. The lowest BCUT2D eigenvalue weighted by molar-refractivity contribution is -0.152. The van der Waals surface area contributed by atoms with Gasteiger partial charge in [-0.1, -0.05) is 30.5 Å². The minimum Gasteiger partial charge on any atom is -0.480 e. The van der Waals surface area contributed by atoms with Gasteiger partial charge in [0.15, 0.2) is 6.10 Å². The van der Waals surface area contributed by atoms with Crippen LogP contribution in [0, 0.1) is 12.8 Å². The van der Waals surface area contributed by atoms with Crippen molar-refractivity contribution in [3.05, 3.63) is 29.8 Å². The zero-order valence-electron chi connectivity index (χ0n) is 15.5. The fraction of sp³-hybridized carbons (Fsp3) is 0.579. The van der Waals surface area contributed by atoms with Gasteiger partial charge in [0.05, 0.1) is 4.90 Å². The van der Waals surface area contributed by atoms with Gasteiger partial charge in [0, 0.05) is 6.04 Å². The zero-order chi connectivity index (χ0) is 19.8. The predicted molar refractivity (Wildman–Crippen MR) is 97.5 cm³/mol. The minimum atomic E-state index is -4.11. The Balaban J connectivity index is 1.79. The Bertz CT molecular complexity index is 819. The quantitative estimate of drug-likeness (QED) is 0.768. The van der Waals surface area contributed by atoms with Crippen LogP contribution in [0.1, 0.15) is 44.6 Å². The molecule has 0 radical (unpaired) electrons. The van der Waals surface area contributed by atoms with Crippen molar-refractivity contribution < 1.29 is 27.3 Å². The Morgan fingerprint density at radius 2 is 1.81 bits per heavy atom. The Kier molecular flexibility index (Phi) is 5.58. The lowest BCUT2D eigenvalue weighted by Gasteiger charge is -2.34. The third-order valence-corrected chi connectivity index (χ3v) is 6.95. The lowest BCUT2D eigenvalue weighted by atomic mass is 9.84. The number of fused-ring (bicyclic) bond motifs is 1. The van der Waals surface area contributed by atoms with Crippen LogP contribution >= 0.6 is 0 Å². The van der Waals surface area contributed by atoms with Crippen LogP contribution in [0.2, 0.25) is 0 Å². The third kappa shape index (κ3) is 4.01. The highest BCUT2D eigenvalue weighted by molar-refractivity contribution is 7.86. The van der Waals surface area contributed by atoms with Gasteiger partial charge >= 0.3 is 5.97 Å². The molecule has 1 saturated heterocycles. The Labute approximate surface area is 159 Å². The van der Waals surface area contributed by atoms with E-state index in [-0.39, 0.29) is 16.9 Å². The van der Waals surface area contributed by atoms with E-state index >= 15 is 0 Å². The fourth-order valence-corrected chi connectivity index (χ4v) is 5.24. The molecular weight excluding hydrogens is 370 g/mol. The molecule has 1 aliphatic heterocycles. The summed E-state index contributed by atoms with van der Waals surface area (Å²) in [4.78, 5) is 26.0. The van der Waals surface area contributed by atoms with E-state index in [9.17, 15) is 23.1 Å². The molecule has 1 amide bonds. The highest BCUT2D eigenvalue weighted by Crippen LogP contribution is 2.40. The first-order valence-electron chi connectivity index (χ1n) is 9.25. The molecular formula is C19H25NO6S. The monoisotopic (exact) mass is 395 g/mol. The van der Waals surface area contributed by atoms with Gasteiger partial charge in [-0.3, -0.25) is 8.98 Å². The Morgan fingerprint density at radius 1 is 1.19 bits per heavy atom. The number of hydrogen-bond donors (Lipinski definition) is 1. The van der Waals surface area contributed by atoms with Gasteiger partial charge in [-0.2, -0.15) is 8.42 Å². The predicted octanol–water partition coefficient (Wildman–Crippen LogP) is 2.33. The number of hydrogen-bond acceptors (Lipinski definition) is 5. The van der Waals surface area contributed by atoms with Crippen molar-refractivity contribution in [2.75, 3.05) is 0 Å². The summed E-state index contributed by atoms with van der Waals surface area (Å²) in [5, 5.41) is 9.54. The van der Waals surface area contributed by atoms with Gasteiger partial charge in [0.2, 0.25) is 0 Å². The van der Waals surface area contributed by atoms with Crippen LogP contribution < -0.4 is 0 Å². The molecule has 0 aromatic heterocycles. The second kappa shape index (κ2) is 7.59. The van der Waals surface area contributed by atoms with Crippen molar-refractivity contribution in [2.45, 2.75) is 69.0 Å². The van der Waals surface area contributed by atoms with E-state index in [1.165, 1.54) is 24.0 Å². The maximum absolute atomic E-state index is 13.0. The summed E-state index contributed by atoms with van der Waals surface area (Å²) in [6, 6.07) is 5.08. The Morgan fingerprint density at radius 3 is 2.44 bits per heavy atom. The number of nitrogens with zero attached hydrogens (tertiary/aromatic N) is 1. The van der Waals surface area contributed by atoms with Crippen LogP contribution in [-0.2, 0) is 23.9 Å². The smallest absolute Gasteiger partial charge is 0.326 e. The van der Waals surface area contributed by atoms with Crippen molar-refractivity contribution in [3.8, 4) is 0 Å². The number of aliphatic carboxylic acids is 1. The van der Waals surface area contributed by atoms with Gasteiger partial charge in [-0.05, 0) is 51.2 Å². The molecule has 4 atom stereocenters. The van der Waals surface area contributed by atoms with Crippen LogP contribution in [0.5, 0.6) is 0 Å². The number of amides is 1. The second-order valence-electron chi connectivity index (χ2n) is 7.45. The molecule has 8 heteroatoms. The first-order chi connectivity index (χ1) is 12.7. The third-order valence-electron chi connectivity index (χ3n) is 5.56. The molecule has 0 bridgehead atoms. The highest BCUT2D eigenvalue weighted by atomic mass is 32.2. The second-order valence-corrected chi connectivity index (χ2v) is 9.02. The number of rotatable bonds is 5. The van der Waals surface area contributed by atoms with Crippen LogP contribution in [0.15, 0.2) is 29.2 Å². The van der Waals surface area contributed by atoms with Gasteiger partial charge in [0.25, 0.3) is 16.0 Å². The van der Waals surface area contributed by atoms with E-state index in [2.05, 4.69) is 0 Å². The minimum absolute atomic E-state index is 0.0282.